The Bertz CT molecular complexity index is 1220. The SMILES string of the molecule is CCCCCCCC#Cc1ccc(C(=O)c2ccc(C(=O)c3ccc(C#CCCCCCCC)cc3)cc2)cc1. The number of unbranched alkanes of at least 4 members (excludes halogenated alkanes) is 10. The second-order valence-electron chi connectivity index (χ2n) is 10.3. The molecule has 0 atom stereocenters. The van der Waals surface area contributed by atoms with Crippen LogP contribution < -0.4 is 0 Å². The van der Waals surface area contributed by atoms with Gasteiger partial charge in [0.25, 0.3) is 0 Å². The van der Waals surface area contributed by atoms with Crippen LogP contribution in [0.15, 0.2) is 72.8 Å². The third-order valence-electron chi connectivity index (χ3n) is 6.98. The zero-order chi connectivity index (χ0) is 28.4. The van der Waals surface area contributed by atoms with E-state index in [0.717, 1.165) is 36.8 Å². The van der Waals surface area contributed by atoms with Gasteiger partial charge in [0.15, 0.2) is 11.6 Å². The van der Waals surface area contributed by atoms with Crippen LogP contribution >= 0.6 is 0 Å². The zero-order valence-electron chi connectivity index (χ0n) is 24.2. The predicted molar refractivity (Wildman–Crippen MR) is 167 cm³/mol. The summed E-state index contributed by atoms with van der Waals surface area (Å²) < 4.78 is 0. The molecule has 0 bridgehead atoms. The Kier molecular flexibility index (Phi) is 13.5. The molecule has 0 aliphatic carbocycles. The van der Waals surface area contributed by atoms with E-state index in [0.29, 0.717) is 22.3 Å². The predicted octanol–water partition coefficient (Wildman–Crippen LogP) is 9.57. The van der Waals surface area contributed by atoms with Crippen molar-refractivity contribution in [3.63, 3.8) is 0 Å². The highest BCUT2D eigenvalue weighted by Crippen LogP contribution is 2.16. The van der Waals surface area contributed by atoms with E-state index in [9.17, 15) is 9.59 Å². The first-order valence-electron chi connectivity index (χ1n) is 15.0. The fraction of sp³-hybridized carbons (Fsp3) is 0.368. The summed E-state index contributed by atoms with van der Waals surface area (Å²) in [6.45, 7) is 4.44. The largest absolute Gasteiger partial charge is 0.289 e. The van der Waals surface area contributed by atoms with Gasteiger partial charge in [-0.1, -0.05) is 113 Å². The Balaban J connectivity index is 1.51. The van der Waals surface area contributed by atoms with Crippen molar-refractivity contribution in [3.05, 3.63) is 106 Å². The van der Waals surface area contributed by atoms with Crippen LogP contribution in [0.5, 0.6) is 0 Å². The van der Waals surface area contributed by atoms with E-state index in [1.54, 1.807) is 24.3 Å². The maximum absolute atomic E-state index is 13.0. The molecule has 3 aromatic carbocycles. The summed E-state index contributed by atoms with van der Waals surface area (Å²) in [7, 11) is 0. The topological polar surface area (TPSA) is 34.1 Å². The molecular formula is C38H42O2. The molecule has 40 heavy (non-hydrogen) atoms. The lowest BCUT2D eigenvalue weighted by molar-refractivity contribution is 0.102. The lowest BCUT2D eigenvalue weighted by Gasteiger charge is -2.05. The number of hydrogen-bond donors (Lipinski definition) is 0. The van der Waals surface area contributed by atoms with Crippen molar-refractivity contribution in [2.75, 3.05) is 0 Å². The van der Waals surface area contributed by atoms with Gasteiger partial charge in [-0.25, -0.2) is 0 Å². The van der Waals surface area contributed by atoms with E-state index in [2.05, 4.69) is 37.5 Å². The third-order valence-corrected chi connectivity index (χ3v) is 6.98. The van der Waals surface area contributed by atoms with Gasteiger partial charge in [-0.15, -0.1) is 0 Å². The highest BCUT2D eigenvalue weighted by Gasteiger charge is 2.12. The third kappa shape index (κ3) is 10.4. The summed E-state index contributed by atoms with van der Waals surface area (Å²) in [5.74, 6) is 12.7. The molecule has 2 nitrogen and oxygen atoms in total. The van der Waals surface area contributed by atoms with Crippen molar-refractivity contribution in [2.24, 2.45) is 0 Å². The summed E-state index contributed by atoms with van der Waals surface area (Å²) in [4.78, 5) is 25.9. The Labute approximate surface area is 241 Å². The Morgan fingerprint density at radius 2 is 0.750 bits per heavy atom. The van der Waals surface area contributed by atoms with Gasteiger partial charge < -0.3 is 0 Å². The van der Waals surface area contributed by atoms with Crippen molar-refractivity contribution in [2.45, 2.75) is 90.9 Å². The second-order valence-corrected chi connectivity index (χ2v) is 10.3. The van der Waals surface area contributed by atoms with E-state index in [4.69, 9.17) is 0 Å². The molecule has 0 unspecified atom stereocenters. The molecule has 3 aromatic rings. The van der Waals surface area contributed by atoms with Gasteiger partial charge in [-0.2, -0.15) is 0 Å². The van der Waals surface area contributed by atoms with E-state index in [1.165, 1.54) is 51.4 Å². The number of ketones is 2. The summed E-state index contributed by atoms with van der Waals surface area (Å²) in [5.41, 5.74) is 4.19. The Morgan fingerprint density at radius 3 is 1.07 bits per heavy atom. The lowest BCUT2D eigenvalue weighted by atomic mass is 9.98. The van der Waals surface area contributed by atoms with Crippen LogP contribution in [0.1, 0.15) is 134 Å². The highest BCUT2D eigenvalue weighted by atomic mass is 16.1. The number of rotatable bonds is 14. The smallest absolute Gasteiger partial charge is 0.193 e. The Morgan fingerprint density at radius 1 is 0.450 bits per heavy atom. The molecule has 0 saturated carbocycles. The zero-order valence-corrected chi connectivity index (χ0v) is 24.2. The monoisotopic (exact) mass is 530 g/mol. The minimum Gasteiger partial charge on any atom is -0.289 e. The molecule has 0 aliphatic heterocycles. The van der Waals surface area contributed by atoms with Gasteiger partial charge in [-0.05, 0) is 61.4 Å². The average molecular weight is 531 g/mol. The molecule has 0 radical (unpaired) electrons. The first kappa shape index (κ1) is 30.7. The maximum atomic E-state index is 13.0. The van der Waals surface area contributed by atoms with Crippen LogP contribution in [-0.2, 0) is 0 Å². The maximum Gasteiger partial charge on any atom is 0.193 e. The van der Waals surface area contributed by atoms with Gasteiger partial charge in [0.1, 0.15) is 0 Å². The van der Waals surface area contributed by atoms with Gasteiger partial charge in [-0.3, -0.25) is 9.59 Å². The summed E-state index contributed by atoms with van der Waals surface area (Å²) in [6, 6.07) is 21.8. The van der Waals surface area contributed by atoms with Gasteiger partial charge in [0.2, 0.25) is 0 Å². The summed E-state index contributed by atoms with van der Waals surface area (Å²) >= 11 is 0. The molecule has 2 heteroatoms. The normalized spacial score (nSPS) is 10.2. The van der Waals surface area contributed by atoms with Crippen molar-refractivity contribution in [3.8, 4) is 23.7 Å². The summed E-state index contributed by atoms with van der Waals surface area (Å²) in [5, 5.41) is 0. The molecule has 0 spiro atoms. The van der Waals surface area contributed by atoms with Crippen molar-refractivity contribution in [1.82, 2.24) is 0 Å². The molecule has 0 heterocycles. The Hall–Kier alpha value is -3.88. The first-order valence-corrected chi connectivity index (χ1v) is 15.0. The second kappa shape index (κ2) is 17.7. The molecule has 0 aromatic heterocycles. The van der Waals surface area contributed by atoms with Crippen LogP contribution in [-0.4, -0.2) is 11.6 Å². The quantitative estimate of drug-likeness (QED) is 0.118. The van der Waals surface area contributed by atoms with Crippen molar-refractivity contribution in [1.29, 1.82) is 0 Å². The van der Waals surface area contributed by atoms with Gasteiger partial charge in [0.05, 0.1) is 0 Å². The number of carbonyl (C=O) groups is 2. The molecule has 0 aliphatic rings. The van der Waals surface area contributed by atoms with Crippen LogP contribution in [0.2, 0.25) is 0 Å². The fourth-order valence-corrected chi connectivity index (χ4v) is 4.48. The highest BCUT2D eigenvalue weighted by molar-refractivity contribution is 6.11. The van der Waals surface area contributed by atoms with Crippen LogP contribution in [0.3, 0.4) is 0 Å². The van der Waals surface area contributed by atoms with E-state index >= 15 is 0 Å². The van der Waals surface area contributed by atoms with Crippen LogP contribution in [0.4, 0.5) is 0 Å². The molecule has 0 amide bonds. The minimum atomic E-state index is -0.0669. The molecule has 206 valence electrons. The molecular weight excluding hydrogens is 488 g/mol. The van der Waals surface area contributed by atoms with Crippen LogP contribution in [0.25, 0.3) is 0 Å². The average Bonchev–Trinajstić information content (AvgIpc) is 3.00. The number of benzene rings is 3. The molecule has 0 saturated heterocycles. The van der Waals surface area contributed by atoms with Gasteiger partial charge in [0, 0.05) is 46.2 Å². The standard InChI is InChI=1S/C38H42O2/c1-3-5-7-9-11-13-15-17-31-19-23-33(24-20-31)37(39)35-27-29-36(30-28-35)38(40)34-25-21-32(22-26-34)18-16-14-12-10-8-6-4-2/h19-30H,3-14H2,1-2H3. The molecule has 0 N–H and O–H groups in total. The van der Waals surface area contributed by atoms with Crippen LogP contribution in [0, 0.1) is 23.7 Å². The fourth-order valence-electron chi connectivity index (χ4n) is 4.48. The summed E-state index contributed by atoms with van der Waals surface area (Å²) in [6.07, 6.45) is 14.2. The van der Waals surface area contributed by atoms with Crippen molar-refractivity contribution < 1.29 is 9.59 Å². The van der Waals surface area contributed by atoms with Gasteiger partial charge >= 0.3 is 0 Å². The molecule has 3 rings (SSSR count). The minimum absolute atomic E-state index is 0.0669. The first-order chi connectivity index (χ1) is 19.6. The van der Waals surface area contributed by atoms with E-state index in [-0.39, 0.29) is 11.6 Å². The lowest BCUT2D eigenvalue weighted by Crippen LogP contribution is -2.04. The molecule has 0 fully saturated rings. The van der Waals surface area contributed by atoms with E-state index < -0.39 is 0 Å². The number of carbonyl (C=O) groups excluding carboxylic acids is 2. The van der Waals surface area contributed by atoms with E-state index in [1.807, 2.05) is 48.5 Å². The number of hydrogen-bond acceptors (Lipinski definition) is 2. The van der Waals surface area contributed by atoms with Crippen molar-refractivity contribution >= 4 is 11.6 Å².